The normalized spacial score (nSPS) is 11.4. The highest BCUT2D eigenvalue weighted by Crippen LogP contribution is 2.45. The van der Waals surface area contributed by atoms with Crippen LogP contribution in [-0.2, 0) is 0 Å². The van der Waals surface area contributed by atoms with Crippen LogP contribution in [0.1, 0.15) is 0 Å². The summed E-state index contributed by atoms with van der Waals surface area (Å²) < 4.78 is 12.8. The second-order valence-electron chi connectivity index (χ2n) is 14.8. The van der Waals surface area contributed by atoms with E-state index in [1.165, 1.54) is 22.3 Å². The molecule has 0 amide bonds. The Hall–Kier alpha value is -7.95. The van der Waals surface area contributed by atoms with E-state index in [0.29, 0.717) is 11.5 Å². The van der Waals surface area contributed by atoms with Crippen LogP contribution in [0.3, 0.4) is 0 Å². The standard InChI is InChI=1S/C55H36N2O2/c1-4-12-37(13-5-1)39-22-24-41(25-23-39)42-30-32-46(33-31-42)57(47-19-10-18-45(34-47)43-28-26-40(27-29-43)38-14-6-2-7-15-38)50-20-11-21-51-54(50)48-35-49-53(36-52(48)58-51)59-55(56-49)44-16-8-3-9-17-44/h1-36H. The fourth-order valence-corrected chi connectivity index (χ4v) is 8.15. The van der Waals surface area contributed by atoms with Crippen molar-refractivity contribution in [2.75, 3.05) is 4.90 Å². The van der Waals surface area contributed by atoms with Gasteiger partial charge in [-0.1, -0.05) is 158 Å². The lowest BCUT2D eigenvalue weighted by molar-refractivity contribution is 0.617. The summed E-state index contributed by atoms with van der Waals surface area (Å²) in [5.74, 6) is 0.586. The average Bonchev–Trinajstić information content (AvgIpc) is 3.91. The number of hydrogen-bond donors (Lipinski definition) is 0. The first-order chi connectivity index (χ1) is 29.2. The van der Waals surface area contributed by atoms with Crippen molar-refractivity contribution in [3.63, 3.8) is 0 Å². The van der Waals surface area contributed by atoms with E-state index in [1.807, 2.05) is 42.5 Å². The van der Waals surface area contributed by atoms with E-state index in [9.17, 15) is 0 Å². The molecule has 2 heterocycles. The number of furan rings is 1. The molecule has 0 aliphatic rings. The maximum Gasteiger partial charge on any atom is 0.227 e. The zero-order valence-electron chi connectivity index (χ0n) is 32.0. The molecule has 9 aromatic carbocycles. The van der Waals surface area contributed by atoms with Crippen LogP contribution in [0.25, 0.3) is 89.0 Å². The van der Waals surface area contributed by atoms with Crippen molar-refractivity contribution >= 4 is 50.1 Å². The molecule has 2 aromatic heterocycles. The molecule has 0 atom stereocenters. The number of rotatable bonds is 8. The van der Waals surface area contributed by atoms with Crippen LogP contribution in [0.5, 0.6) is 0 Å². The fourth-order valence-electron chi connectivity index (χ4n) is 8.15. The van der Waals surface area contributed by atoms with Gasteiger partial charge in [0.2, 0.25) is 5.89 Å². The van der Waals surface area contributed by atoms with Crippen LogP contribution in [0, 0.1) is 0 Å². The molecule has 4 nitrogen and oxygen atoms in total. The highest BCUT2D eigenvalue weighted by Gasteiger charge is 2.22. The summed E-state index contributed by atoms with van der Waals surface area (Å²) >= 11 is 0. The summed E-state index contributed by atoms with van der Waals surface area (Å²) in [6.45, 7) is 0. The van der Waals surface area contributed by atoms with Crippen molar-refractivity contribution in [3.05, 3.63) is 218 Å². The monoisotopic (exact) mass is 756 g/mol. The van der Waals surface area contributed by atoms with Gasteiger partial charge in [-0.25, -0.2) is 4.98 Å². The van der Waals surface area contributed by atoms with Gasteiger partial charge in [-0.3, -0.25) is 0 Å². The van der Waals surface area contributed by atoms with Gasteiger partial charge in [-0.15, -0.1) is 0 Å². The minimum atomic E-state index is 0.586. The van der Waals surface area contributed by atoms with Gasteiger partial charge in [0.25, 0.3) is 0 Å². The minimum Gasteiger partial charge on any atom is -0.456 e. The van der Waals surface area contributed by atoms with Crippen LogP contribution < -0.4 is 4.90 Å². The number of aromatic nitrogens is 1. The van der Waals surface area contributed by atoms with Gasteiger partial charge in [0, 0.05) is 28.4 Å². The quantitative estimate of drug-likeness (QED) is 0.155. The van der Waals surface area contributed by atoms with Crippen molar-refractivity contribution in [2.45, 2.75) is 0 Å². The first kappa shape index (κ1) is 34.3. The average molecular weight is 757 g/mol. The highest BCUT2D eigenvalue weighted by molar-refractivity contribution is 6.15. The lowest BCUT2D eigenvalue weighted by Crippen LogP contribution is -2.10. The molecule has 0 radical (unpaired) electrons. The van der Waals surface area contributed by atoms with Crippen molar-refractivity contribution in [1.82, 2.24) is 4.98 Å². The van der Waals surface area contributed by atoms with Crippen LogP contribution in [0.4, 0.5) is 17.1 Å². The Morgan fingerprint density at radius 1 is 0.322 bits per heavy atom. The molecule has 0 bridgehead atoms. The highest BCUT2D eigenvalue weighted by atomic mass is 16.4. The van der Waals surface area contributed by atoms with Crippen LogP contribution in [0.2, 0.25) is 0 Å². The molecule has 0 N–H and O–H groups in total. The molecule has 0 saturated carbocycles. The van der Waals surface area contributed by atoms with Gasteiger partial charge in [-0.05, 0) is 99.1 Å². The molecule has 4 heteroatoms. The van der Waals surface area contributed by atoms with Crippen LogP contribution >= 0.6 is 0 Å². The van der Waals surface area contributed by atoms with E-state index in [4.69, 9.17) is 13.8 Å². The molecule has 0 fully saturated rings. The molecule has 59 heavy (non-hydrogen) atoms. The number of anilines is 3. The van der Waals surface area contributed by atoms with E-state index in [2.05, 4.69) is 181 Å². The first-order valence-corrected chi connectivity index (χ1v) is 19.9. The van der Waals surface area contributed by atoms with Gasteiger partial charge in [0.1, 0.15) is 16.7 Å². The third-order valence-electron chi connectivity index (χ3n) is 11.1. The Labute approximate surface area is 341 Å². The van der Waals surface area contributed by atoms with E-state index in [1.54, 1.807) is 0 Å². The van der Waals surface area contributed by atoms with Gasteiger partial charge in [0.15, 0.2) is 5.58 Å². The van der Waals surface area contributed by atoms with Crippen LogP contribution in [-0.4, -0.2) is 4.98 Å². The molecule has 11 rings (SSSR count). The molecule has 0 aliphatic heterocycles. The van der Waals surface area contributed by atoms with Gasteiger partial charge in [0.05, 0.1) is 11.1 Å². The number of benzene rings is 9. The summed E-state index contributed by atoms with van der Waals surface area (Å²) in [5.41, 5.74) is 16.4. The molecular formula is C55H36N2O2. The van der Waals surface area contributed by atoms with E-state index < -0.39 is 0 Å². The molecule has 278 valence electrons. The Balaban J connectivity index is 1.03. The number of hydrogen-bond acceptors (Lipinski definition) is 4. The number of nitrogens with zero attached hydrogens (tertiary/aromatic N) is 2. The smallest absolute Gasteiger partial charge is 0.227 e. The third-order valence-corrected chi connectivity index (χ3v) is 11.1. The Kier molecular flexibility index (Phi) is 8.45. The van der Waals surface area contributed by atoms with Crippen molar-refractivity contribution < 1.29 is 8.83 Å². The number of oxazole rings is 1. The molecule has 0 spiro atoms. The minimum absolute atomic E-state index is 0.586. The molecule has 11 aromatic rings. The zero-order chi connectivity index (χ0) is 39.1. The van der Waals surface area contributed by atoms with Crippen molar-refractivity contribution in [1.29, 1.82) is 0 Å². The van der Waals surface area contributed by atoms with Crippen molar-refractivity contribution in [2.24, 2.45) is 0 Å². The van der Waals surface area contributed by atoms with Crippen molar-refractivity contribution in [3.8, 4) is 56.0 Å². The summed E-state index contributed by atoms with van der Waals surface area (Å²) in [5, 5.41) is 1.98. The Bertz CT molecular complexity index is 3220. The van der Waals surface area contributed by atoms with Crippen LogP contribution in [0.15, 0.2) is 227 Å². The zero-order valence-corrected chi connectivity index (χ0v) is 32.0. The maximum atomic E-state index is 6.58. The molecule has 0 aliphatic carbocycles. The third kappa shape index (κ3) is 6.43. The lowest BCUT2D eigenvalue weighted by Gasteiger charge is -2.27. The maximum absolute atomic E-state index is 6.58. The summed E-state index contributed by atoms with van der Waals surface area (Å²) in [7, 11) is 0. The first-order valence-electron chi connectivity index (χ1n) is 19.9. The Morgan fingerprint density at radius 2 is 0.814 bits per heavy atom. The largest absolute Gasteiger partial charge is 0.456 e. The van der Waals surface area contributed by atoms with Gasteiger partial charge in [-0.2, -0.15) is 0 Å². The summed E-state index contributed by atoms with van der Waals surface area (Å²) in [6.07, 6.45) is 0. The topological polar surface area (TPSA) is 42.4 Å². The van der Waals surface area contributed by atoms with E-state index in [-0.39, 0.29) is 0 Å². The molecule has 0 unspecified atom stereocenters. The molecular weight excluding hydrogens is 721 g/mol. The summed E-state index contributed by atoms with van der Waals surface area (Å²) in [6, 6.07) is 76.6. The molecule has 0 saturated heterocycles. The van der Waals surface area contributed by atoms with Gasteiger partial charge >= 0.3 is 0 Å². The fraction of sp³-hybridized carbons (Fsp3) is 0. The second-order valence-corrected chi connectivity index (χ2v) is 14.8. The summed E-state index contributed by atoms with van der Waals surface area (Å²) in [4.78, 5) is 7.26. The predicted octanol–water partition coefficient (Wildman–Crippen LogP) is 15.5. The second kappa shape index (κ2) is 14.5. The Morgan fingerprint density at radius 3 is 1.41 bits per heavy atom. The van der Waals surface area contributed by atoms with E-state index >= 15 is 0 Å². The lowest BCUT2D eigenvalue weighted by atomic mass is 9.99. The number of fused-ring (bicyclic) bond motifs is 4. The van der Waals surface area contributed by atoms with Gasteiger partial charge < -0.3 is 13.7 Å². The SMILES string of the molecule is c1ccc(-c2ccc(-c3ccc(N(c4cccc(-c5ccc(-c6ccccc6)cc5)c4)c4cccc5oc6cc7oc(-c8ccccc8)nc7cc6c45)cc3)cc2)cc1. The predicted molar refractivity (Wildman–Crippen MR) is 243 cm³/mol. The van der Waals surface area contributed by atoms with E-state index in [0.717, 1.165) is 72.3 Å².